The van der Waals surface area contributed by atoms with Crippen LogP contribution in [-0.2, 0) is 15.8 Å². The van der Waals surface area contributed by atoms with E-state index in [9.17, 15) is 22.8 Å². The zero-order valence-electron chi connectivity index (χ0n) is 16.7. The predicted octanol–water partition coefficient (Wildman–Crippen LogP) is 5.86. The Morgan fingerprint density at radius 1 is 0.939 bits per heavy atom. The van der Waals surface area contributed by atoms with Crippen LogP contribution in [0.25, 0.3) is 17.2 Å². The first-order valence-corrected chi connectivity index (χ1v) is 10.4. The monoisotopic (exact) mass is 486 g/mol. The Morgan fingerprint density at radius 3 is 2.33 bits per heavy atom. The topological polar surface area (TPSA) is 49.4 Å². The van der Waals surface area contributed by atoms with Gasteiger partial charge in [0.15, 0.2) is 5.11 Å². The summed E-state index contributed by atoms with van der Waals surface area (Å²) in [5, 5.41) is 2.85. The van der Waals surface area contributed by atoms with Gasteiger partial charge in [0, 0.05) is 5.02 Å². The van der Waals surface area contributed by atoms with Crippen LogP contribution in [0.2, 0.25) is 5.02 Å². The SMILES string of the molecule is O=C1NC(=S)N(c2ccc(Cl)cc2)C(=O)/C1=C/c1ccccc1-c1cccc(C(F)(F)F)c1. The highest BCUT2D eigenvalue weighted by atomic mass is 35.5. The van der Waals surface area contributed by atoms with E-state index in [1.54, 1.807) is 48.5 Å². The largest absolute Gasteiger partial charge is 0.416 e. The molecule has 2 amide bonds. The molecule has 1 heterocycles. The highest BCUT2D eigenvalue weighted by Gasteiger charge is 2.35. The molecule has 166 valence electrons. The van der Waals surface area contributed by atoms with E-state index in [0.29, 0.717) is 27.4 Å². The van der Waals surface area contributed by atoms with Crippen molar-refractivity contribution < 1.29 is 22.8 Å². The van der Waals surface area contributed by atoms with Crippen LogP contribution in [0.4, 0.5) is 18.9 Å². The molecular weight excluding hydrogens is 473 g/mol. The molecule has 33 heavy (non-hydrogen) atoms. The van der Waals surface area contributed by atoms with Gasteiger partial charge in [-0.1, -0.05) is 48.0 Å². The summed E-state index contributed by atoms with van der Waals surface area (Å²) in [6.07, 6.45) is -3.16. The number of alkyl halides is 3. The van der Waals surface area contributed by atoms with Crippen molar-refractivity contribution in [3.63, 3.8) is 0 Å². The minimum Gasteiger partial charge on any atom is -0.298 e. The highest BCUT2D eigenvalue weighted by Crippen LogP contribution is 2.34. The molecule has 0 saturated carbocycles. The van der Waals surface area contributed by atoms with Crippen LogP contribution in [0.1, 0.15) is 11.1 Å². The van der Waals surface area contributed by atoms with Gasteiger partial charge in [-0.25, -0.2) is 0 Å². The number of amides is 2. The molecule has 0 unspecified atom stereocenters. The third-order valence-electron chi connectivity index (χ3n) is 4.95. The third-order valence-corrected chi connectivity index (χ3v) is 5.48. The van der Waals surface area contributed by atoms with Crippen molar-refractivity contribution in [3.8, 4) is 11.1 Å². The molecule has 1 aliphatic rings. The van der Waals surface area contributed by atoms with Crippen molar-refractivity contribution in [1.82, 2.24) is 5.32 Å². The van der Waals surface area contributed by atoms with Crippen molar-refractivity contribution in [3.05, 3.63) is 94.5 Å². The Morgan fingerprint density at radius 2 is 1.64 bits per heavy atom. The molecule has 0 bridgehead atoms. The summed E-state index contributed by atoms with van der Waals surface area (Å²) >= 11 is 11.1. The zero-order valence-corrected chi connectivity index (χ0v) is 18.3. The average molecular weight is 487 g/mol. The number of carbonyl (C=O) groups excluding carboxylic acids is 2. The number of benzene rings is 3. The van der Waals surface area contributed by atoms with E-state index in [0.717, 1.165) is 17.0 Å². The lowest BCUT2D eigenvalue weighted by atomic mass is 9.96. The van der Waals surface area contributed by atoms with Crippen molar-refractivity contribution >= 4 is 52.5 Å². The summed E-state index contributed by atoms with van der Waals surface area (Å²) in [7, 11) is 0. The number of anilines is 1. The van der Waals surface area contributed by atoms with Crippen molar-refractivity contribution in [2.75, 3.05) is 4.90 Å². The Balaban J connectivity index is 1.78. The number of nitrogens with zero attached hydrogens (tertiary/aromatic N) is 1. The molecule has 0 aromatic heterocycles. The molecule has 1 saturated heterocycles. The second-order valence-corrected chi connectivity index (χ2v) is 7.92. The maximum atomic E-state index is 13.2. The first-order chi connectivity index (χ1) is 15.6. The smallest absolute Gasteiger partial charge is 0.298 e. The lowest BCUT2D eigenvalue weighted by Gasteiger charge is -2.29. The maximum Gasteiger partial charge on any atom is 0.416 e. The lowest BCUT2D eigenvalue weighted by Crippen LogP contribution is -2.54. The molecule has 9 heteroatoms. The summed E-state index contributed by atoms with van der Waals surface area (Å²) < 4.78 is 39.6. The summed E-state index contributed by atoms with van der Waals surface area (Å²) in [6, 6.07) is 17.7. The lowest BCUT2D eigenvalue weighted by molar-refractivity contribution is -0.137. The normalized spacial score (nSPS) is 15.7. The number of thiocarbonyl (C=S) groups is 1. The second-order valence-electron chi connectivity index (χ2n) is 7.10. The fraction of sp³-hybridized carbons (Fsp3) is 0.0417. The van der Waals surface area contributed by atoms with Crippen LogP contribution in [-0.4, -0.2) is 16.9 Å². The van der Waals surface area contributed by atoms with Crippen molar-refractivity contribution in [1.29, 1.82) is 0 Å². The fourth-order valence-corrected chi connectivity index (χ4v) is 3.79. The number of halogens is 4. The highest BCUT2D eigenvalue weighted by molar-refractivity contribution is 7.80. The third kappa shape index (κ3) is 4.67. The Kier molecular flexibility index (Phi) is 6.05. The van der Waals surface area contributed by atoms with Gasteiger partial charge >= 0.3 is 6.18 Å². The molecule has 0 atom stereocenters. The molecular formula is C24H14ClF3N2O2S. The minimum atomic E-state index is -4.50. The van der Waals surface area contributed by atoms with Gasteiger partial charge < -0.3 is 0 Å². The van der Waals surface area contributed by atoms with Crippen LogP contribution in [0.5, 0.6) is 0 Å². The Bertz CT molecular complexity index is 1300. The van der Waals surface area contributed by atoms with E-state index in [-0.39, 0.29) is 10.7 Å². The first-order valence-electron chi connectivity index (χ1n) is 9.59. The van der Waals surface area contributed by atoms with Gasteiger partial charge in [0.1, 0.15) is 5.57 Å². The molecule has 3 aromatic carbocycles. The quantitative estimate of drug-likeness (QED) is 0.287. The van der Waals surface area contributed by atoms with Crippen LogP contribution in [0.3, 0.4) is 0 Å². The van der Waals surface area contributed by atoms with Crippen LogP contribution in [0, 0.1) is 0 Å². The van der Waals surface area contributed by atoms with Crippen LogP contribution < -0.4 is 10.2 Å². The van der Waals surface area contributed by atoms with Gasteiger partial charge in [0.25, 0.3) is 11.8 Å². The van der Waals surface area contributed by atoms with Gasteiger partial charge in [-0.05, 0) is 71.4 Å². The first kappa shape index (κ1) is 22.7. The summed E-state index contributed by atoms with van der Waals surface area (Å²) in [4.78, 5) is 27.0. The van der Waals surface area contributed by atoms with Gasteiger partial charge in [0.2, 0.25) is 0 Å². The number of carbonyl (C=O) groups is 2. The van der Waals surface area contributed by atoms with Gasteiger partial charge in [-0.15, -0.1) is 0 Å². The van der Waals surface area contributed by atoms with E-state index in [1.807, 2.05) is 0 Å². The van der Waals surface area contributed by atoms with Crippen LogP contribution in [0.15, 0.2) is 78.4 Å². The second kappa shape index (κ2) is 8.80. The summed E-state index contributed by atoms with van der Waals surface area (Å²) in [6.45, 7) is 0. The average Bonchev–Trinajstić information content (AvgIpc) is 2.77. The summed E-state index contributed by atoms with van der Waals surface area (Å²) in [5.41, 5.74) is 0.533. The molecule has 0 spiro atoms. The molecule has 0 aliphatic carbocycles. The van der Waals surface area contributed by atoms with Crippen molar-refractivity contribution in [2.45, 2.75) is 6.18 Å². The molecule has 0 radical (unpaired) electrons. The van der Waals surface area contributed by atoms with Crippen LogP contribution >= 0.6 is 23.8 Å². The van der Waals surface area contributed by atoms with E-state index < -0.39 is 23.6 Å². The minimum absolute atomic E-state index is 0.0874. The molecule has 4 nitrogen and oxygen atoms in total. The standard InChI is InChI=1S/C24H14ClF3N2O2S/c25-17-8-10-18(11-9-17)30-22(32)20(21(31)29-23(30)33)13-15-4-1-2-7-19(15)14-5-3-6-16(12-14)24(26,27)28/h1-13H,(H,29,31,33)/b20-13+. The molecule has 3 aromatic rings. The summed E-state index contributed by atoms with van der Waals surface area (Å²) in [5.74, 6) is -1.36. The molecule has 1 N–H and O–H groups in total. The Hall–Kier alpha value is -3.49. The number of hydrogen-bond acceptors (Lipinski definition) is 3. The van der Waals surface area contributed by atoms with Crippen molar-refractivity contribution in [2.24, 2.45) is 0 Å². The molecule has 1 fully saturated rings. The predicted molar refractivity (Wildman–Crippen MR) is 125 cm³/mol. The van der Waals surface area contributed by atoms with E-state index in [1.165, 1.54) is 18.2 Å². The number of hydrogen-bond donors (Lipinski definition) is 1. The fourth-order valence-electron chi connectivity index (χ4n) is 3.39. The number of nitrogens with one attached hydrogen (secondary N) is 1. The maximum absolute atomic E-state index is 13.2. The Labute approximate surface area is 197 Å². The zero-order chi connectivity index (χ0) is 23.8. The van der Waals surface area contributed by atoms with E-state index >= 15 is 0 Å². The van der Waals surface area contributed by atoms with Gasteiger partial charge in [-0.3, -0.25) is 19.8 Å². The van der Waals surface area contributed by atoms with Gasteiger partial charge in [0.05, 0.1) is 11.3 Å². The molecule has 1 aliphatic heterocycles. The van der Waals surface area contributed by atoms with E-state index in [2.05, 4.69) is 5.32 Å². The number of rotatable bonds is 3. The van der Waals surface area contributed by atoms with E-state index in [4.69, 9.17) is 23.8 Å². The van der Waals surface area contributed by atoms with Gasteiger partial charge in [-0.2, -0.15) is 13.2 Å². The molecule has 4 rings (SSSR count).